The Bertz CT molecular complexity index is 465. The lowest BCUT2D eigenvalue weighted by Crippen LogP contribution is -2.32. The first-order chi connectivity index (χ1) is 8.90. The molecule has 1 rings (SSSR count). The van der Waals surface area contributed by atoms with Crippen molar-refractivity contribution in [3.63, 3.8) is 0 Å². The first-order valence-corrected chi connectivity index (χ1v) is 5.42. The van der Waals surface area contributed by atoms with E-state index >= 15 is 0 Å². The molecule has 0 radical (unpaired) electrons. The fourth-order valence-electron chi connectivity index (χ4n) is 1.65. The Balaban J connectivity index is 3.21. The molecule has 7 heteroatoms. The lowest BCUT2D eigenvalue weighted by atomic mass is 10.0. The van der Waals surface area contributed by atoms with E-state index in [0.29, 0.717) is 5.56 Å². The zero-order valence-electron chi connectivity index (χ0n) is 10.5. The highest BCUT2D eigenvalue weighted by Gasteiger charge is 2.21. The molecule has 0 aliphatic rings. The molecule has 1 aromatic carbocycles. The predicted molar refractivity (Wildman–Crippen MR) is 63.8 cm³/mol. The number of alkyl halides is 2. The Morgan fingerprint density at radius 2 is 1.89 bits per heavy atom. The summed E-state index contributed by atoms with van der Waals surface area (Å²) >= 11 is 0. The highest BCUT2D eigenvalue weighted by molar-refractivity contribution is 5.73. The van der Waals surface area contributed by atoms with Crippen LogP contribution in [0.3, 0.4) is 0 Å². The second-order valence-electron chi connectivity index (χ2n) is 3.86. The van der Waals surface area contributed by atoms with Gasteiger partial charge in [-0.25, -0.2) is 8.78 Å². The summed E-state index contributed by atoms with van der Waals surface area (Å²) in [6, 6.07) is 1.27. The third kappa shape index (κ3) is 3.54. The SMILES string of the molecule is COc1cc(OC)c(C(F)F)cc1CC(N)C(=O)O. The number of carbonyl (C=O) groups is 1. The second-order valence-corrected chi connectivity index (χ2v) is 3.86. The van der Waals surface area contributed by atoms with Crippen LogP contribution >= 0.6 is 0 Å². The lowest BCUT2D eigenvalue weighted by molar-refractivity contribution is -0.138. The van der Waals surface area contributed by atoms with Crippen LogP contribution in [-0.2, 0) is 11.2 Å². The molecule has 0 spiro atoms. The van der Waals surface area contributed by atoms with E-state index in [-0.39, 0.29) is 23.5 Å². The van der Waals surface area contributed by atoms with Gasteiger partial charge in [-0.3, -0.25) is 4.79 Å². The molecule has 0 heterocycles. The number of methoxy groups -OCH3 is 2. The molecule has 0 aliphatic heterocycles. The molecule has 1 atom stereocenters. The molecule has 106 valence electrons. The topological polar surface area (TPSA) is 81.8 Å². The quantitative estimate of drug-likeness (QED) is 0.824. The highest BCUT2D eigenvalue weighted by atomic mass is 19.3. The van der Waals surface area contributed by atoms with Gasteiger partial charge in [-0.1, -0.05) is 0 Å². The van der Waals surface area contributed by atoms with E-state index in [9.17, 15) is 13.6 Å². The molecule has 0 fully saturated rings. The standard InChI is InChI=1S/C12H15F2NO4/c1-18-9-5-10(19-2)7(11(13)14)3-6(9)4-8(15)12(16)17/h3,5,8,11H,4,15H2,1-2H3,(H,16,17). The Hall–Kier alpha value is -1.89. The van der Waals surface area contributed by atoms with Gasteiger partial charge in [0.1, 0.15) is 17.5 Å². The van der Waals surface area contributed by atoms with Crippen LogP contribution in [0.5, 0.6) is 11.5 Å². The third-order valence-electron chi connectivity index (χ3n) is 2.62. The van der Waals surface area contributed by atoms with Crippen LogP contribution < -0.4 is 15.2 Å². The third-order valence-corrected chi connectivity index (χ3v) is 2.62. The van der Waals surface area contributed by atoms with Crippen LogP contribution in [0.25, 0.3) is 0 Å². The molecule has 1 unspecified atom stereocenters. The summed E-state index contributed by atoms with van der Waals surface area (Å²) in [4.78, 5) is 10.7. The summed E-state index contributed by atoms with van der Waals surface area (Å²) in [6.07, 6.45) is -2.84. The van der Waals surface area contributed by atoms with Crippen LogP contribution in [0.1, 0.15) is 17.6 Å². The normalized spacial score (nSPS) is 12.3. The van der Waals surface area contributed by atoms with Crippen molar-refractivity contribution in [3.8, 4) is 11.5 Å². The van der Waals surface area contributed by atoms with Crippen molar-refractivity contribution >= 4 is 5.97 Å². The fourth-order valence-corrected chi connectivity index (χ4v) is 1.65. The fraction of sp³-hybridized carbons (Fsp3) is 0.417. The van der Waals surface area contributed by atoms with Gasteiger partial charge < -0.3 is 20.3 Å². The van der Waals surface area contributed by atoms with Crippen molar-refractivity contribution in [2.45, 2.75) is 18.9 Å². The molecule has 0 saturated carbocycles. The van der Waals surface area contributed by atoms with Crippen molar-refractivity contribution in [1.29, 1.82) is 0 Å². The van der Waals surface area contributed by atoms with Gasteiger partial charge >= 0.3 is 5.97 Å². The molecule has 5 nitrogen and oxygen atoms in total. The number of benzene rings is 1. The summed E-state index contributed by atoms with van der Waals surface area (Å²) in [5.74, 6) is -0.964. The van der Waals surface area contributed by atoms with E-state index in [1.807, 2.05) is 0 Å². The minimum absolute atomic E-state index is 0.0144. The lowest BCUT2D eigenvalue weighted by Gasteiger charge is -2.15. The van der Waals surface area contributed by atoms with Gasteiger partial charge in [0, 0.05) is 12.5 Å². The Morgan fingerprint density at radius 3 is 2.32 bits per heavy atom. The zero-order valence-corrected chi connectivity index (χ0v) is 10.5. The van der Waals surface area contributed by atoms with E-state index in [0.717, 1.165) is 6.07 Å². The summed E-state index contributed by atoms with van der Waals surface area (Å²) in [5, 5.41) is 8.75. The van der Waals surface area contributed by atoms with Crippen molar-refractivity contribution in [2.24, 2.45) is 5.73 Å². The van der Waals surface area contributed by atoms with Gasteiger partial charge in [-0.15, -0.1) is 0 Å². The summed E-state index contributed by atoms with van der Waals surface area (Å²) in [6.45, 7) is 0. The Labute approximate surface area is 108 Å². The number of nitrogens with two attached hydrogens (primary N) is 1. The van der Waals surface area contributed by atoms with Gasteiger partial charge in [0.2, 0.25) is 0 Å². The minimum atomic E-state index is -2.74. The monoisotopic (exact) mass is 275 g/mol. The molecule has 1 aromatic rings. The van der Waals surface area contributed by atoms with Crippen LogP contribution in [-0.4, -0.2) is 31.3 Å². The number of halogens is 2. The molecule has 0 aromatic heterocycles. The van der Waals surface area contributed by atoms with Gasteiger partial charge in [0.25, 0.3) is 6.43 Å². The van der Waals surface area contributed by atoms with E-state index in [1.54, 1.807) is 0 Å². The van der Waals surface area contributed by atoms with Gasteiger partial charge in [-0.2, -0.15) is 0 Å². The summed E-state index contributed by atoms with van der Waals surface area (Å²) in [5.41, 5.74) is 5.37. The minimum Gasteiger partial charge on any atom is -0.496 e. The maximum absolute atomic E-state index is 12.9. The van der Waals surface area contributed by atoms with Crippen molar-refractivity contribution in [2.75, 3.05) is 14.2 Å². The van der Waals surface area contributed by atoms with E-state index < -0.39 is 18.4 Å². The molecule has 0 bridgehead atoms. The van der Waals surface area contributed by atoms with Crippen molar-refractivity contribution in [1.82, 2.24) is 0 Å². The molecule has 19 heavy (non-hydrogen) atoms. The number of ether oxygens (including phenoxy) is 2. The van der Waals surface area contributed by atoms with Crippen LogP contribution in [0.4, 0.5) is 8.78 Å². The molecular weight excluding hydrogens is 260 g/mol. The highest BCUT2D eigenvalue weighted by Crippen LogP contribution is 2.35. The molecule has 0 aliphatic carbocycles. The van der Waals surface area contributed by atoms with E-state index in [4.69, 9.17) is 20.3 Å². The molecule has 0 amide bonds. The number of rotatable bonds is 6. The number of carboxylic acid groups (broad SMARTS) is 1. The molecule has 0 saturated heterocycles. The number of carboxylic acids is 1. The Morgan fingerprint density at radius 1 is 1.32 bits per heavy atom. The average molecular weight is 275 g/mol. The van der Waals surface area contributed by atoms with E-state index in [2.05, 4.69) is 0 Å². The number of hydrogen-bond donors (Lipinski definition) is 2. The predicted octanol–water partition coefficient (Wildman–Crippen LogP) is 1.60. The van der Waals surface area contributed by atoms with Crippen LogP contribution in [0.15, 0.2) is 12.1 Å². The molecule has 3 N–H and O–H groups in total. The zero-order chi connectivity index (χ0) is 14.6. The van der Waals surface area contributed by atoms with Gasteiger partial charge in [-0.05, 0) is 11.6 Å². The van der Waals surface area contributed by atoms with E-state index in [1.165, 1.54) is 20.3 Å². The van der Waals surface area contributed by atoms with Crippen molar-refractivity contribution in [3.05, 3.63) is 23.3 Å². The smallest absolute Gasteiger partial charge is 0.320 e. The molecular formula is C12H15F2NO4. The first-order valence-electron chi connectivity index (χ1n) is 5.42. The number of hydrogen-bond acceptors (Lipinski definition) is 4. The van der Waals surface area contributed by atoms with Crippen LogP contribution in [0.2, 0.25) is 0 Å². The van der Waals surface area contributed by atoms with Gasteiger partial charge in [0.05, 0.1) is 19.8 Å². The second kappa shape index (κ2) is 6.33. The number of aliphatic carboxylic acids is 1. The average Bonchev–Trinajstić information content (AvgIpc) is 2.37. The summed E-state index contributed by atoms with van der Waals surface area (Å²) < 4.78 is 35.6. The maximum Gasteiger partial charge on any atom is 0.320 e. The largest absolute Gasteiger partial charge is 0.496 e. The van der Waals surface area contributed by atoms with Gasteiger partial charge in [0.15, 0.2) is 0 Å². The van der Waals surface area contributed by atoms with Crippen LogP contribution in [0, 0.1) is 0 Å². The maximum atomic E-state index is 12.9. The Kier molecular flexibility index (Phi) is 5.05. The first kappa shape index (κ1) is 15.2. The summed E-state index contributed by atoms with van der Waals surface area (Å²) in [7, 11) is 2.62. The van der Waals surface area contributed by atoms with Crippen molar-refractivity contribution < 1.29 is 28.2 Å².